The van der Waals surface area contributed by atoms with Crippen molar-refractivity contribution in [2.24, 2.45) is 0 Å². The number of nitrogens with two attached hydrogens (primary N) is 1. The summed E-state index contributed by atoms with van der Waals surface area (Å²) >= 11 is 6.72. The van der Waals surface area contributed by atoms with E-state index in [9.17, 15) is 18.0 Å². The summed E-state index contributed by atoms with van der Waals surface area (Å²) in [6.45, 7) is 0. The van der Waals surface area contributed by atoms with E-state index >= 15 is 0 Å². The minimum atomic E-state index is -4.57. The number of rotatable bonds is 2. The Morgan fingerprint density at radius 2 is 1.95 bits per heavy atom. The maximum Gasteiger partial charge on any atom is 0.418 e. The number of thiophene rings is 1. The van der Waals surface area contributed by atoms with Crippen LogP contribution in [0.25, 0.3) is 0 Å². The molecule has 0 aliphatic carbocycles. The van der Waals surface area contributed by atoms with E-state index in [4.69, 9.17) is 17.3 Å². The molecule has 1 aromatic heterocycles. The zero-order chi connectivity index (χ0) is 14.9. The van der Waals surface area contributed by atoms with Gasteiger partial charge in [0.1, 0.15) is 0 Å². The molecular weight excluding hydrogens is 313 g/mol. The molecule has 0 aliphatic heterocycles. The third-order valence-electron chi connectivity index (χ3n) is 2.41. The Morgan fingerprint density at radius 1 is 1.25 bits per heavy atom. The highest BCUT2D eigenvalue weighted by Crippen LogP contribution is 2.35. The molecule has 0 fully saturated rings. The van der Waals surface area contributed by atoms with Crippen LogP contribution in [0, 0.1) is 0 Å². The summed E-state index contributed by atoms with van der Waals surface area (Å²) in [7, 11) is 0. The van der Waals surface area contributed by atoms with Gasteiger partial charge in [0.2, 0.25) is 0 Å². The number of carbonyl (C=O) groups excluding carboxylic acids is 1. The Kier molecular flexibility index (Phi) is 3.92. The number of halogens is 4. The first-order chi connectivity index (χ1) is 9.27. The number of nitrogen functional groups attached to an aromatic ring is 1. The monoisotopic (exact) mass is 320 g/mol. The van der Waals surface area contributed by atoms with Gasteiger partial charge in [-0.3, -0.25) is 4.79 Å². The Bertz CT molecular complexity index is 654. The molecule has 0 saturated carbocycles. The summed E-state index contributed by atoms with van der Waals surface area (Å²) in [5.74, 6) is -0.528. The minimum absolute atomic E-state index is 0.0149. The molecule has 1 heterocycles. The first-order valence-electron chi connectivity index (χ1n) is 5.31. The van der Waals surface area contributed by atoms with Gasteiger partial charge in [-0.1, -0.05) is 11.6 Å². The van der Waals surface area contributed by atoms with E-state index in [-0.39, 0.29) is 5.69 Å². The van der Waals surface area contributed by atoms with Crippen LogP contribution in [0.2, 0.25) is 4.34 Å². The summed E-state index contributed by atoms with van der Waals surface area (Å²) in [6, 6.07) is 6.22. The Morgan fingerprint density at radius 3 is 2.50 bits per heavy atom. The van der Waals surface area contributed by atoms with Gasteiger partial charge >= 0.3 is 6.18 Å². The molecule has 0 spiro atoms. The number of anilines is 2. The molecule has 0 saturated heterocycles. The van der Waals surface area contributed by atoms with Crippen molar-refractivity contribution in [3.8, 4) is 0 Å². The SMILES string of the molecule is Nc1ccc(NC(=O)c2ccc(Cl)s2)cc1C(F)(F)F. The second-order valence-corrected chi connectivity index (χ2v) is 5.57. The van der Waals surface area contributed by atoms with E-state index in [1.807, 2.05) is 0 Å². The zero-order valence-electron chi connectivity index (χ0n) is 9.79. The predicted octanol–water partition coefficient (Wildman–Crippen LogP) is 4.25. The number of hydrogen-bond donors (Lipinski definition) is 2. The fourth-order valence-corrected chi connectivity index (χ4v) is 2.45. The van der Waals surface area contributed by atoms with Gasteiger partial charge < -0.3 is 11.1 Å². The van der Waals surface area contributed by atoms with Crippen molar-refractivity contribution in [2.45, 2.75) is 6.18 Å². The second-order valence-electron chi connectivity index (χ2n) is 3.86. The van der Waals surface area contributed by atoms with Crippen LogP contribution in [0.4, 0.5) is 24.5 Å². The zero-order valence-corrected chi connectivity index (χ0v) is 11.4. The smallest absolute Gasteiger partial charge is 0.398 e. The average Bonchev–Trinajstić information content (AvgIpc) is 2.77. The van der Waals surface area contributed by atoms with Gasteiger partial charge in [-0.15, -0.1) is 11.3 Å². The Hall–Kier alpha value is -1.73. The van der Waals surface area contributed by atoms with Gasteiger partial charge in [0, 0.05) is 11.4 Å². The van der Waals surface area contributed by atoms with Crippen LogP contribution in [0.15, 0.2) is 30.3 Å². The third-order valence-corrected chi connectivity index (χ3v) is 3.64. The number of amides is 1. The van der Waals surface area contributed by atoms with E-state index in [0.717, 1.165) is 23.5 Å². The van der Waals surface area contributed by atoms with Crippen molar-refractivity contribution in [1.29, 1.82) is 0 Å². The van der Waals surface area contributed by atoms with E-state index in [0.29, 0.717) is 9.21 Å². The lowest BCUT2D eigenvalue weighted by Gasteiger charge is -2.12. The van der Waals surface area contributed by atoms with Gasteiger partial charge in [-0.2, -0.15) is 13.2 Å². The molecule has 0 bridgehead atoms. The fourth-order valence-electron chi connectivity index (χ4n) is 1.51. The van der Waals surface area contributed by atoms with Gasteiger partial charge in [-0.25, -0.2) is 0 Å². The molecule has 0 radical (unpaired) electrons. The molecule has 1 aromatic carbocycles. The fraction of sp³-hybridized carbons (Fsp3) is 0.0833. The van der Waals surface area contributed by atoms with Crippen LogP contribution in [0.5, 0.6) is 0 Å². The molecule has 3 nitrogen and oxygen atoms in total. The lowest BCUT2D eigenvalue weighted by molar-refractivity contribution is -0.136. The molecule has 106 valence electrons. The molecular formula is C12H8ClF3N2OS. The number of nitrogens with one attached hydrogen (secondary N) is 1. The number of alkyl halides is 3. The van der Waals surface area contributed by atoms with Gasteiger partial charge in [0.25, 0.3) is 5.91 Å². The highest BCUT2D eigenvalue weighted by atomic mass is 35.5. The van der Waals surface area contributed by atoms with E-state index in [1.165, 1.54) is 18.2 Å². The maximum absolute atomic E-state index is 12.7. The quantitative estimate of drug-likeness (QED) is 0.812. The van der Waals surface area contributed by atoms with Crippen molar-refractivity contribution >= 4 is 40.2 Å². The maximum atomic E-state index is 12.7. The second kappa shape index (κ2) is 5.34. The molecule has 20 heavy (non-hydrogen) atoms. The summed E-state index contributed by atoms with van der Waals surface area (Å²) in [5, 5.41) is 2.37. The van der Waals surface area contributed by atoms with Crippen molar-refractivity contribution in [2.75, 3.05) is 11.1 Å². The molecule has 2 aromatic rings. The van der Waals surface area contributed by atoms with Crippen LogP contribution in [0.3, 0.4) is 0 Å². The molecule has 3 N–H and O–H groups in total. The molecule has 8 heteroatoms. The van der Waals surface area contributed by atoms with Crippen LogP contribution in [0.1, 0.15) is 15.2 Å². The standard InChI is InChI=1S/C12H8ClF3N2OS/c13-10-4-3-9(20-10)11(19)18-6-1-2-8(17)7(5-6)12(14,15)16/h1-5H,17H2,(H,18,19). The summed E-state index contributed by atoms with van der Waals surface area (Å²) in [4.78, 5) is 12.1. The topological polar surface area (TPSA) is 55.1 Å². The lowest BCUT2D eigenvalue weighted by atomic mass is 10.1. The Labute approximate surface area is 121 Å². The normalized spacial score (nSPS) is 11.4. The van der Waals surface area contributed by atoms with Crippen LogP contribution >= 0.6 is 22.9 Å². The van der Waals surface area contributed by atoms with Gasteiger partial charge in [0.05, 0.1) is 14.8 Å². The van der Waals surface area contributed by atoms with Gasteiger partial charge in [-0.05, 0) is 30.3 Å². The first-order valence-corrected chi connectivity index (χ1v) is 6.50. The predicted molar refractivity (Wildman–Crippen MR) is 73.1 cm³/mol. The third kappa shape index (κ3) is 3.23. The van der Waals surface area contributed by atoms with Crippen LogP contribution in [-0.2, 0) is 6.18 Å². The largest absolute Gasteiger partial charge is 0.418 e. The number of carbonyl (C=O) groups is 1. The minimum Gasteiger partial charge on any atom is -0.398 e. The first kappa shape index (κ1) is 14.7. The Balaban J connectivity index is 2.24. The van der Waals surface area contributed by atoms with Crippen molar-refractivity contribution < 1.29 is 18.0 Å². The summed E-state index contributed by atoms with van der Waals surface area (Å²) in [5.41, 5.74) is 3.91. The van der Waals surface area contributed by atoms with Crippen molar-refractivity contribution in [3.63, 3.8) is 0 Å². The average molecular weight is 321 g/mol. The summed E-state index contributed by atoms with van der Waals surface area (Å²) in [6.07, 6.45) is -4.57. The number of benzene rings is 1. The van der Waals surface area contributed by atoms with E-state index in [2.05, 4.69) is 5.32 Å². The molecule has 0 unspecified atom stereocenters. The number of hydrogen-bond acceptors (Lipinski definition) is 3. The van der Waals surface area contributed by atoms with E-state index < -0.39 is 23.3 Å². The highest BCUT2D eigenvalue weighted by molar-refractivity contribution is 7.18. The van der Waals surface area contributed by atoms with Gasteiger partial charge in [0.15, 0.2) is 0 Å². The van der Waals surface area contributed by atoms with E-state index in [1.54, 1.807) is 0 Å². The van der Waals surface area contributed by atoms with Crippen LogP contribution in [-0.4, -0.2) is 5.91 Å². The van der Waals surface area contributed by atoms with Crippen molar-refractivity contribution in [1.82, 2.24) is 0 Å². The molecule has 1 amide bonds. The van der Waals surface area contributed by atoms with Crippen molar-refractivity contribution in [3.05, 3.63) is 45.1 Å². The highest BCUT2D eigenvalue weighted by Gasteiger charge is 2.33. The molecule has 2 rings (SSSR count). The molecule has 0 atom stereocenters. The van der Waals surface area contributed by atoms with Crippen LogP contribution < -0.4 is 11.1 Å². The summed E-state index contributed by atoms with van der Waals surface area (Å²) < 4.78 is 38.5. The molecule has 0 aliphatic rings. The lowest BCUT2D eigenvalue weighted by Crippen LogP contribution is -2.13.